The summed E-state index contributed by atoms with van der Waals surface area (Å²) >= 11 is 0. The fourth-order valence-electron chi connectivity index (χ4n) is 1.29. The lowest BCUT2D eigenvalue weighted by Crippen LogP contribution is -2.26. The second kappa shape index (κ2) is 5.98. The molecule has 1 unspecified atom stereocenters. The number of nitrogens with two attached hydrogens (primary N) is 1. The van der Waals surface area contributed by atoms with Gasteiger partial charge in [0.15, 0.2) is 6.29 Å². The number of ether oxygens (including phenoxy) is 2. The molecule has 1 aliphatic heterocycles. The molecule has 3 nitrogen and oxygen atoms in total. The van der Waals surface area contributed by atoms with Gasteiger partial charge in [-0.15, -0.1) is 11.8 Å². The normalized spacial score (nSPS) is 19.5. The van der Waals surface area contributed by atoms with Gasteiger partial charge in [0.25, 0.3) is 0 Å². The van der Waals surface area contributed by atoms with E-state index in [1.165, 1.54) is 0 Å². The Balaban J connectivity index is 2.07. The van der Waals surface area contributed by atoms with Crippen LogP contribution in [0.25, 0.3) is 0 Å². The Bertz CT molecular complexity index is 189. The molecular weight excluding hydrogens is 166 g/mol. The molecule has 1 fully saturated rings. The lowest BCUT2D eigenvalue weighted by atomic mass is 10.1. The first-order valence-corrected chi connectivity index (χ1v) is 4.71. The molecule has 1 heterocycles. The van der Waals surface area contributed by atoms with Crippen molar-refractivity contribution in [2.24, 2.45) is 5.73 Å². The minimum Gasteiger partial charge on any atom is -0.350 e. The summed E-state index contributed by atoms with van der Waals surface area (Å²) in [4.78, 5) is 0. The number of rotatable bonds is 4. The summed E-state index contributed by atoms with van der Waals surface area (Å²) in [5, 5.41) is 0. The first-order valence-electron chi connectivity index (χ1n) is 4.71. The molecule has 0 radical (unpaired) electrons. The Morgan fingerprint density at radius 2 is 2.15 bits per heavy atom. The van der Waals surface area contributed by atoms with E-state index in [1.807, 2.05) is 6.92 Å². The van der Waals surface area contributed by atoms with Crippen LogP contribution in [0.1, 0.15) is 26.2 Å². The maximum absolute atomic E-state index is 5.87. The predicted molar refractivity (Wildman–Crippen MR) is 51.0 cm³/mol. The highest BCUT2D eigenvalue weighted by atomic mass is 16.7. The third-order valence-corrected chi connectivity index (χ3v) is 2.00. The van der Waals surface area contributed by atoms with Crippen molar-refractivity contribution in [3.8, 4) is 11.8 Å². The summed E-state index contributed by atoms with van der Waals surface area (Å²) in [6, 6.07) is 0.143. The Morgan fingerprint density at radius 1 is 1.46 bits per heavy atom. The minimum atomic E-state index is -0.0791. The Morgan fingerprint density at radius 3 is 2.77 bits per heavy atom. The molecule has 0 saturated carbocycles. The van der Waals surface area contributed by atoms with Crippen LogP contribution < -0.4 is 5.73 Å². The van der Waals surface area contributed by atoms with Gasteiger partial charge in [0.05, 0.1) is 13.2 Å². The summed E-state index contributed by atoms with van der Waals surface area (Å²) in [7, 11) is 0. The third kappa shape index (κ3) is 4.28. The van der Waals surface area contributed by atoms with E-state index in [9.17, 15) is 0 Å². The molecule has 74 valence electrons. The molecule has 0 aliphatic carbocycles. The molecule has 1 aliphatic rings. The third-order valence-electron chi connectivity index (χ3n) is 2.00. The maximum Gasteiger partial charge on any atom is 0.159 e. The van der Waals surface area contributed by atoms with E-state index in [1.54, 1.807) is 0 Å². The lowest BCUT2D eigenvalue weighted by Gasteiger charge is -2.14. The minimum absolute atomic E-state index is 0.0791. The molecule has 0 amide bonds. The van der Waals surface area contributed by atoms with Crippen LogP contribution in [0.3, 0.4) is 0 Å². The summed E-state index contributed by atoms with van der Waals surface area (Å²) in [6.45, 7) is 3.24. The number of hydrogen-bond acceptors (Lipinski definition) is 3. The standard InChI is InChI=1S/C10H17NO2/c1-2-3-4-5-9(11)8-10-12-6-7-13-10/h9-10H,4-8,11H2,1H3. The topological polar surface area (TPSA) is 44.5 Å². The lowest BCUT2D eigenvalue weighted by molar-refractivity contribution is -0.0508. The van der Waals surface area contributed by atoms with Crippen molar-refractivity contribution >= 4 is 0 Å². The van der Waals surface area contributed by atoms with Gasteiger partial charge in [-0.25, -0.2) is 0 Å². The van der Waals surface area contributed by atoms with Crippen molar-refractivity contribution in [1.29, 1.82) is 0 Å². The summed E-state index contributed by atoms with van der Waals surface area (Å²) in [6.07, 6.45) is 2.49. The van der Waals surface area contributed by atoms with Gasteiger partial charge in [0.1, 0.15) is 0 Å². The Kier molecular flexibility index (Phi) is 4.84. The first kappa shape index (κ1) is 10.5. The monoisotopic (exact) mass is 183 g/mol. The van der Waals surface area contributed by atoms with Crippen LogP contribution in [0, 0.1) is 11.8 Å². The summed E-state index contributed by atoms with van der Waals surface area (Å²) in [5.74, 6) is 5.84. The highest BCUT2D eigenvalue weighted by Crippen LogP contribution is 2.11. The van der Waals surface area contributed by atoms with E-state index in [4.69, 9.17) is 15.2 Å². The van der Waals surface area contributed by atoms with Crippen LogP contribution >= 0.6 is 0 Å². The molecule has 1 saturated heterocycles. The smallest absolute Gasteiger partial charge is 0.159 e. The van der Waals surface area contributed by atoms with E-state index in [0.717, 1.165) is 19.3 Å². The Labute approximate surface area is 79.6 Å². The van der Waals surface area contributed by atoms with Gasteiger partial charge in [-0.1, -0.05) is 0 Å². The molecule has 3 heteroatoms. The molecule has 13 heavy (non-hydrogen) atoms. The maximum atomic E-state index is 5.87. The molecular formula is C10H17NO2. The molecule has 0 bridgehead atoms. The van der Waals surface area contributed by atoms with E-state index in [0.29, 0.717) is 13.2 Å². The molecule has 0 aromatic carbocycles. The van der Waals surface area contributed by atoms with Gasteiger partial charge in [-0.05, 0) is 13.3 Å². The molecule has 1 rings (SSSR count). The molecule has 0 aromatic heterocycles. The largest absolute Gasteiger partial charge is 0.350 e. The molecule has 1 atom stereocenters. The highest BCUT2D eigenvalue weighted by molar-refractivity contribution is 4.95. The fraction of sp³-hybridized carbons (Fsp3) is 0.800. The summed E-state index contributed by atoms with van der Waals surface area (Å²) in [5.41, 5.74) is 5.87. The second-order valence-corrected chi connectivity index (χ2v) is 3.13. The van der Waals surface area contributed by atoms with Crippen molar-refractivity contribution in [2.45, 2.75) is 38.5 Å². The van der Waals surface area contributed by atoms with Crippen LogP contribution in [0.5, 0.6) is 0 Å². The van der Waals surface area contributed by atoms with Gasteiger partial charge in [-0.3, -0.25) is 0 Å². The molecule has 0 spiro atoms. The van der Waals surface area contributed by atoms with E-state index >= 15 is 0 Å². The van der Waals surface area contributed by atoms with Crippen molar-refractivity contribution < 1.29 is 9.47 Å². The van der Waals surface area contributed by atoms with Crippen molar-refractivity contribution in [2.75, 3.05) is 13.2 Å². The van der Waals surface area contributed by atoms with Crippen LogP contribution in [-0.4, -0.2) is 25.5 Å². The van der Waals surface area contributed by atoms with Crippen molar-refractivity contribution in [1.82, 2.24) is 0 Å². The van der Waals surface area contributed by atoms with Crippen molar-refractivity contribution in [3.63, 3.8) is 0 Å². The van der Waals surface area contributed by atoms with Crippen molar-refractivity contribution in [3.05, 3.63) is 0 Å². The van der Waals surface area contributed by atoms with Gasteiger partial charge in [0.2, 0.25) is 0 Å². The predicted octanol–water partition coefficient (Wildman–Crippen LogP) is 0.880. The van der Waals surface area contributed by atoms with Crippen LogP contribution in [0.2, 0.25) is 0 Å². The van der Waals surface area contributed by atoms with Crippen LogP contribution in [0.15, 0.2) is 0 Å². The average Bonchev–Trinajstić information content (AvgIpc) is 2.57. The molecule has 0 aromatic rings. The SMILES string of the molecule is CC#CCCC(N)CC1OCCO1. The average molecular weight is 183 g/mol. The zero-order valence-electron chi connectivity index (χ0n) is 8.08. The van der Waals surface area contributed by atoms with Gasteiger partial charge in [0, 0.05) is 18.9 Å². The zero-order chi connectivity index (χ0) is 9.52. The van der Waals surface area contributed by atoms with Crippen LogP contribution in [-0.2, 0) is 9.47 Å². The number of hydrogen-bond donors (Lipinski definition) is 1. The quantitative estimate of drug-likeness (QED) is 0.658. The van der Waals surface area contributed by atoms with Crippen LogP contribution in [0.4, 0.5) is 0 Å². The van der Waals surface area contributed by atoms with E-state index in [2.05, 4.69) is 11.8 Å². The summed E-state index contributed by atoms with van der Waals surface area (Å²) < 4.78 is 10.6. The van der Waals surface area contributed by atoms with Gasteiger partial charge in [-0.2, -0.15) is 0 Å². The van der Waals surface area contributed by atoms with Gasteiger partial charge < -0.3 is 15.2 Å². The first-order chi connectivity index (χ1) is 6.33. The van der Waals surface area contributed by atoms with Gasteiger partial charge >= 0.3 is 0 Å². The molecule has 2 N–H and O–H groups in total. The second-order valence-electron chi connectivity index (χ2n) is 3.13. The van der Waals surface area contributed by atoms with E-state index in [-0.39, 0.29) is 12.3 Å². The van der Waals surface area contributed by atoms with E-state index < -0.39 is 0 Å². The highest BCUT2D eigenvalue weighted by Gasteiger charge is 2.18. The Hall–Kier alpha value is -0.560. The fourth-order valence-corrected chi connectivity index (χ4v) is 1.29. The zero-order valence-corrected chi connectivity index (χ0v) is 8.08.